The second-order valence-corrected chi connectivity index (χ2v) is 9.75. The van der Waals surface area contributed by atoms with Gasteiger partial charge in [-0.25, -0.2) is 36.7 Å². The van der Waals surface area contributed by atoms with Crippen LogP contribution in [0, 0.1) is 18.6 Å². The van der Waals surface area contributed by atoms with E-state index in [1.165, 1.54) is 0 Å². The molecule has 35 heavy (non-hydrogen) atoms. The van der Waals surface area contributed by atoms with Crippen molar-refractivity contribution in [3.63, 3.8) is 0 Å². The Morgan fingerprint density at radius 2 is 1.74 bits per heavy atom. The van der Waals surface area contributed by atoms with Crippen LogP contribution in [0.1, 0.15) is 11.4 Å². The van der Waals surface area contributed by atoms with E-state index in [0.29, 0.717) is 40.2 Å². The molecule has 5 rings (SSSR count). The first-order valence-corrected chi connectivity index (χ1v) is 12.1. The van der Waals surface area contributed by atoms with Gasteiger partial charge in [0.1, 0.15) is 34.0 Å². The van der Waals surface area contributed by atoms with Crippen molar-refractivity contribution in [2.45, 2.75) is 17.6 Å². The molecule has 0 unspecified atom stereocenters. The zero-order chi connectivity index (χ0) is 24.6. The molecule has 0 saturated heterocycles. The Morgan fingerprint density at radius 1 is 0.914 bits per heavy atom. The van der Waals surface area contributed by atoms with E-state index in [-0.39, 0.29) is 0 Å². The standard InChI is InChI=1S/C24H18F2N6O2S/c1-15-27-8-6-23(30-15)31-24-11-16(4-7-28-24)17-10-18(21-5-9-29-32(21)13-17)14-35(33,34)22-3-2-19(25)12-20(22)26/h2-13H,14H2,1H3,(H,27,28,30,31). The van der Waals surface area contributed by atoms with Crippen molar-refractivity contribution in [2.24, 2.45) is 0 Å². The fraction of sp³-hybridized carbons (Fsp3) is 0.0833. The molecular formula is C24H18F2N6O2S. The van der Waals surface area contributed by atoms with Crippen molar-refractivity contribution >= 4 is 27.0 Å². The quantitative estimate of drug-likeness (QED) is 0.349. The predicted molar refractivity (Wildman–Crippen MR) is 126 cm³/mol. The lowest BCUT2D eigenvalue weighted by molar-refractivity contribution is 0.549. The SMILES string of the molecule is Cc1nccc(Nc2cc(-c3cc(CS(=O)(=O)c4ccc(F)cc4F)c4ccnn4c3)ccn2)n1. The van der Waals surface area contributed by atoms with Gasteiger partial charge in [0.2, 0.25) is 0 Å². The van der Waals surface area contributed by atoms with E-state index in [1.807, 2.05) is 0 Å². The van der Waals surface area contributed by atoms with Crippen LogP contribution < -0.4 is 5.32 Å². The van der Waals surface area contributed by atoms with Crippen molar-refractivity contribution in [2.75, 3.05) is 5.32 Å². The van der Waals surface area contributed by atoms with Gasteiger partial charge in [0.05, 0.1) is 11.3 Å². The highest BCUT2D eigenvalue weighted by Crippen LogP contribution is 2.28. The molecule has 0 aliphatic rings. The summed E-state index contributed by atoms with van der Waals surface area (Å²) in [6.45, 7) is 1.78. The van der Waals surface area contributed by atoms with E-state index in [0.717, 1.165) is 17.7 Å². The minimum Gasteiger partial charge on any atom is -0.325 e. The van der Waals surface area contributed by atoms with E-state index in [1.54, 1.807) is 66.6 Å². The molecule has 176 valence electrons. The molecule has 0 amide bonds. The predicted octanol–water partition coefficient (Wildman–Crippen LogP) is 4.49. The lowest BCUT2D eigenvalue weighted by atomic mass is 10.1. The molecule has 0 atom stereocenters. The summed E-state index contributed by atoms with van der Waals surface area (Å²) in [4.78, 5) is 12.1. The Labute approximate surface area is 199 Å². The Balaban J connectivity index is 1.53. The van der Waals surface area contributed by atoms with E-state index in [4.69, 9.17) is 0 Å². The van der Waals surface area contributed by atoms with Crippen LogP contribution in [-0.2, 0) is 15.6 Å². The molecule has 5 aromatic rings. The highest BCUT2D eigenvalue weighted by Gasteiger charge is 2.22. The smallest absolute Gasteiger partial charge is 0.185 e. The topological polar surface area (TPSA) is 102 Å². The average Bonchev–Trinajstić information content (AvgIpc) is 3.28. The number of anilines is 2. The summed E-state index contributed by atoms with van der Waals surface area (Å²) >= 11 is 0. The Morgan fingerprint density at radius 3 is 2.54 bits per heavy atom. The van der Waals surface area contributed by atoms with Crippen LogP contribution in [0.2, 0.25) is 0 Å². The molecule has 0 radical (unpaired) electrons. The van der Waals surface area contributed by atoms with Crippen molar-refractivity contribution in [1.29, 1.82) is 0 Å². The molecule has 0 bridgehead atoms. The molecule has 4 aromatic heterocycles. The number of fused-ring (bicyclic) bond motifs is 1. The number of benzene rings is 1. The van der Waals surface area contributed by atoms with Crippen molar-refractivity contribution in [3.05, 3.63) is 96.3 Å². The van der Waals surface area contributed by atoms with Gasteiger partial charge in [0.25, 0.3) is 0 Å². The number of aryl methyl sites for hydroxylation is 1. The van der Waals surface area contributed by atoms with Gasteiger partial charge in [-0.2, -0.15) is 5.10 Å². The molecular weight excluding hydrogens is 474 g/mol. The third-order valence-corrected chi connectivity index (χ3v) is 6.98. The van der Waals surface area contributed by atoms with Gasteiger partial charge in [0.15, 0.2) is 9.84 Å². The number of hydrogen-bond acceptors (Lipinski definition) is 7. The maximum absolute atomic E-state index is 14.2. The number of halogens is 2. The maximum Gasteiger partial charge on any atom is 0.185 e. The first-order valence-electron chi connectivity index (χ1n) is 10.5. The van der Waals surface area contributed by atoms with E-state index >= 15 is 0 Å². The van der Waals surface area contributed by atoms with E-state index in [9.17, 15) is 17.2 Å². The van der Waals surface area contributed by atoms with Gasteiger partial charge in [-0.05, 0) is 60.5 Å². The molecule has 0 aliphatic heterocycles. The van der Waals surface area contributed by atoms with Crippen LogP contribution in [0.4, 0.5) is 20.4 Å². The minimum atomic E-state index is -4.10. The lowest BCUT2D eigenvalue weighted by Crippen LogP contribution is -2.09. The summed E-state index contributed by atoms with van der Waals surface area (Å²) in [6, 6.07) is 11.1. The minimum absolute atomic E-state index is 0.418. The second-order valence-electron chi connectivity index (χ2n) is 7.79. The molecule has 1 N–H and O–H groups in total. The van der Waals surface area contributed by atoms with Gasteiger partial charge in [-0.15, -0.1) is 0 Å². The molecule has 0 spiro atoms. The molecule has 4 heterocycles. The molecule has 1 aromatic carbocycles. The van der Waals surface area contributed by atoms with Gasteiger partial charge in [-0.1, -0.05) is 0 Å². The largest absolute Gasteiger partial charge is 0.325 e. The number of sulfone groups is 1. The normalized spacial score (nSPS) is 11.6. The summed E-state index contributed by atoms with van der Waals surface area (Å²) in [5.41, 5.74) is 2.40. The lowest BCUT2D eigenvalue weighted by Gasteiger charge is -2.11. The number of aromatic nitrogens is 5. The van der Waals surface area contributed by atoms with Gasteiger partial charge >= 0.3 is 0 Å². The van der Waals surface area contributed by atoms with Crippen molar-refractivity contribution in [1.82, 2.24) is 24.6 Å². The third kappa shape index (κ3) is 4.71. The van der Waals surface area contributed by atoms with Crippen molar-refractivity contribution in [3.8, 4) is 11.1 Å². The second kappa shape index (κ2) is 8.84. The summed E-state index contributed by atoms with van der Waals surface area (Å²) in [6.07, 6.45) is 6.56. The Hall–Kier alpha value is -4.25. The fourth-order valence-electron chi connectivity index (χ4n) is 3.72. The van der Waals surface area contributed by atoms with Gasteiger partial charge < -0.3 is 5.32 Å². The molecule has 0 saturated carbocycles. The Bertz CT molecular complexity index is 1670. The van der Waals surface area contributed by atoms with Crippen molar-refractivity contribution < 1.29 is 17.2 Å². The monoisotopic (exact) mass is 492 g/mol. The van der Waals surface area contributed by atoms with E-state index < -0.39 is 32.1 Å². The zero-order valence-electron chi connectivity index (χ0n) is 18.4. The number of hydrogen-bond donors (Lipinski definition) is 1. The van der Waals surface area contributed by atoms with Crippen LogP contribution in [-0.4, -0.2) is 33.0 Å². The molecule has 0 aliphatic carbocycles. The van der Waals surface area contributed by atoms with Crippen LogP contribution in [0.25, 0.3) is 16.6 Å². The number of nitrogens with one attached hydrogen (secondary N) is 1. The van der Waals surface area contributed by atoms with Gasteiger partial charge in [-0.3, -0.25) is 0 Å². The summed E-state index contributed by atoms with van der Waals surface area (Å²) < 4.78 is 55.1. The maximum atomic E-state index is 14.2. The highest BCUT2D eigenvalue weighted by atomic mass is 32.2. The molecule has 11 heteroatoms. The molecule has 8 nitrogen and oxygen atoms in total. The number of pyridine rings is 2. The first-order chi connectivity index (χ1) is 16.8. The number of rotatable bonds is 6. The van der Waals surface area contributed by atoms with Crippen LogP contribution in [0.15, 0.2) is 78.2 Å². The van der Waals surface area contributed by atoms with E-state index in [2.05, 4.69) is 25.4 Å². The molecule has 0 fully saturated rings. The summed E-state index contributed by atoms with van der Waals surface area (Å²) in [5, 5.41) is 7.37. The summed E-state index contributed by atoms with van der Waals surface area (Å²) in [5.74, 6) is -0.744. The first kappa shape index (κ1) is 22.5. The zero-order valence-corrected chi connectivity index (χ0v) is 19.2. The summed E-state index contributed by atoms with van der Waals surface area (Å²) in [7, 11) is -4.10. The average molecular weight is 493 g/mol. The highest BCUT2D eigenvalue weighted by molar-refractivity contribution is 7.90. The van der Waals surface area contributed by atoms with Gasteiger partial charge in [0, 0.05) is 36.4 Å². The Kier molecular flexibility index (Phi) is 5.69. The number of nitrogens with zero attached hydrogens (tertiary/aromatic N) is 5. The van der Waals surface area contributed by atoms with Crippen LogP contribution in [0.5, 0.6) is 0 Å². The van der Waals surface area contributed by atoms with Crippen LogP contribution >= 0.6 is 0 Å². The van der Waals surface area contributed by atoms with Crippen LogP contribution in [0.3, 0.4) is 0 Å². The fourth-order valence-corrected chi connectivity index (χ4v) is 5.15. The third-order valence-electron chi connectivity index (χ3n) is 5.29.